The molecule has 142 valence electrons. The van der Waals surface area contributed by atoms with Gasteiger partial charge in [-0.1, -0.05) is 0 Å². The maximum atomic E-state index is 13.1. The Hall–Kier alpha value is -2.40. The lowest BCUT2D eigenvalue weighted by Gasteiger charge is -2.14. The number of halogens is 3. The van der Waals surface area contributed by atoms with Crippen LogP contribution in [0.15, 0.2) is 36.8 Å². The summed E-state index contributed by atoms with van der Waals surface area (Å²) in [7, 11) is -3.39. The van der Waals surface area contributed by atoms with Crippen LogP contribution in [0.25, 0.3) is 0 Å². The molecule has 2 N–H and O–H groups in total. The summed E-state index contributed by atoms with van der Waals surface area (Å²) in [6.45, 7) is 0.0391. The summed E-state index contributed by atoms with van der Waals surface area (Å²) in [5, 5.41) is 2.85. The van der Waals surface area contributed by atoms with Gasteiger partial charge >= 0.3 is 6.18 Å². The number of ether oxygens (including phenoxy) is 1. The van der Waals surface area contributed by atoms with Gasteiger partial charge in [0.2, 0.25) is 10.0 Å². The molecule has 0 atom stereocenters. The van der Waals surface area contributed by atoms with Crippen LogP contribution in [0.5, 0.6) is 5.75 Å². The number of nitrogens with one attached hydrogen (secondary N) is 2. The van der Waals surface area contributed by atoms with Crippen molar-refractivity contribution in [2.24, 2.45) is 0 Å². The summed E-state index contributed by atoms with van der Waals surface area (Å²) in [5.41, 5.74) is -0.0713. The van der Waals surface area contributed by atoms with Gasteiger partial charge in [-0.15, -0.1) is 0 Å². The van der Waals surface area contributed by atoms with E-state index in [4.69, 9.17) is 4.74 Å². The SMILES string of the molecule is CS(=O)(=O)NCCOc1cc(NCc2ccncn2)cc(C(F)(F)F)c1. The second kappa shape index (κ2) is 8.32. The van der Waals surface area contributed by atoms with E-state index in [-0.39, 0.29) is 31.1 Å². The average molecular weight is 390 g/mol. The first-order valence-electron chi connectivity index (χ1n) is 7.42. The molecule has 0 saturated heterocycles. The number of hydrogen-bond acceptors (Lipinski definition) is 6. The first-order valence-corrected chi connectivity index (χ1v) is 9.31. The summed E-state index contributed by atoms with van der Waals surface area (Å²) in [6.07, 6.45) is -0.700. The zero-order valence-corrected chi connectivity index (χ0v) is 14.6. The molecule has 0 radical (unpaired) electrons. The molecule has 0 saturated carbocycles. The summed E-state index contributed by atoms with van der Waals surface area (Å²) >= 11 is 0. The molecule has 26 heavy (non-hydrogen) atoms. The molecular weight excluding hydrogens is 373 g/mol. The van der Waals surface area contributed by atoms with Crippen LogP contribution in [0, 0.1) is 0 Å². The van der Waals surface area contributed by atoms with Crippen molar-refractivity contribution in [3.63, 3.8) is 0 Å². The predicted octanol–water partition coefficient (Wildman–Crippen LogP) is 2.04. The predicted molar refractivity (Wildman–Crippen MR) is 89.1 cm³/mol. The fourth-order valence-electron chi connectivity index (χ4n) is 1.96. The highest BCUT2D eigenvalue weighted by atomic mass is 32.2. The lowest BCUT2D eigenvalue weighted by atomic mass is 10.1. The Balaban J connectivity index is 2.09. The molecule has 2 rings (SSSR count). The van der Waals surface area contributed by atoms with Crippen LogP contribution in [0.3, 0.4) is 0 Å². The summed E-state index contributed by atoms with van der Waals surface area (Å²) in [4.78, 5) is 7.74. The highest BCUT2D eigenvalue weighted by molar-refractivity contribution is 7.88. The van der Waals surface area contributed by atoms with E-state index in [9.17, 15) is 21.6 Å². The van der Waals surface area contributed by atoms with Crippen molar-refractivity contribution >= 4 is 15.7 Å². The second-order valence-electron chi connectivity index (χ2n) is 5.31. The van der Waals surface area contributed by atoms with Gasteiger partial charge in [-0.05, 0) is 18.2 Å². The van der Waals surface area contributed by atoms with Gasteiger partial charge in [0, 0.05) is 24.5 Å². The van der Waals surface area contributed by atoms with E-state index in [0.29, 0.717) is 5.69 Å². The van der Waals surface area contributed by atoms with Crippen LogP contribution in [-0.2, 0) is 22.7 Å². The van der Waals surface area contributed by atoms with E-state index < -0.39 is 21.8 Å². The zero-order valence-electron chi connectivity index (χ0n) is 13.7. The van der Waals surface area contributed by atoms with Crippen molar-refractivity contribution in [1.29, 1.82) is 0 Å². The third kappa shape index (κ3) is 6.84. The highest BCUT2D eigenvalue weighted by Crippen LogP contribution is 2.34. The molecule has 0 bridgehead atoms. The van der Waals surface area contributed by atoms with Crippen LogP contribution in [-0.4, -0.2) is 37.8 Å². The Bertz CT molecular complexity index is 830. The Kier molecular flexibility index (Phi) is 6.37. The topological polar surface area (TPSA) is 93.2 Å². The van der Waals surface area contributed by atoms with E-state index in [1.807, 2.05) is 0 Å². The molecule has 1 heterocycles. The fraction of sp³-hybridized carbons (Fsp3) is 0.333. The molecule has 0 aliphatic rings. The van der Waals surface area contributed by atoms with E-state index in [1.165, 1.54) is 18.6 Å². The molecule has 0 aliphatic heterocycles. The second-order valence-corrected chi connectivity index (χ2v) is 7.15. The Morgan fingerprint density at radius 2 is 2.00 bits per heavy atom. The molecule has 1 aromatic heterocycles. The van der Waals surface area contributed by atoms with Gasteiger partial charge in [0.25, 0.3) is 0 Å². The maximum Gasteiger partial charge on any atom is 0.416 e. The first-order chi connectivity index (χ1) is 12.1. The number of sulfonamides is 1. The van der Waals surface area contributed by atoms with Gasteiger partial charge in [-0.3, -0.25) is 0 Å². The maximum absolute atomic E-state index is 13.1. The third-order valence-electron chi connectivity index (χ3n) is 3.09. The lowest BCUT2D eigenvalue weighted by Crippen LogP contribution is -2.26. The number of hydrogen-bond donors (Lipinski definition) is 2. The van der Waals surface area contributed by atoms with Gasteiger partial charge in [-0.2, -0.15) is 13.2 Å². The van der Waals surface area contributed by atoms with Gasteiger partial charge in [0.15, 0.2) is 0 Å². The van der Waals surface area contributed by atoms with Crippen LogP contribution in [0.4, 0.5) is 18.9 Å². The Labute approximate surface area is 148 Å². The van der Waals surface area contributed by atoms with Crippen molar-refractivity contribution in [3.05, 3.63) is 48.0 Å². The molecular formula is C15H17F3N4O3S. The summed E-state index contributed by atoms with van der Waals surface area (Å²) < 4.78 is 68.5. The third-order valence-corrected chi connectivity index (χ3v) is 3.81. The van der Waals surface area contributed by atoms with Crippen molar-refractivity contribution in [3.8, 4) is 5.75 Å². The van der Waals surface area contributed by atoms with Crippen molar-refractivity contribution in [2.45, 2.75) is 12.7 Å². The number of anilines is 1. The van der Waals surface area contributed by atoms with Gasteiger partial charge in [-0.25, -0.2) is 23.1 Å². The zero-order chi connectivity index (χ0) is 19.2. The lowest BCUT2D eigenvalue weighted by molar-refractivity contribution is -0.137. The van der Waals surface area contributed by atoms with Crippen LogP contribution >= 0.6 is 0 Å². The van der Waals surface area contributed by atoms with Gasteiger partial charge in [0.1, 0.15) is 18.7 Å². The minimum Gasteiger partial charge on any atom is -0.492 e. The van der Waals surface area contributed by atoms with E-state index in [2.05, 4.69) is 20.0 Å². The quantitative estimate of drug-likeness (QED) is 0.670. The van der Waals surface area contributed by atoms with E-state index >= 15 is 0 Å². The van der Waals surface area contributed by atoms with Gasteiger partial charge in [0.05, 0.1) is 24.1 Å². The molecule has 0 spiro atoms. The monoisotopic (exact) mass is 390 g/mol. The molecule has 2 aromatic rings. The minimum atomic E-state index is -4.55. The van der Waals surface area contributed by atoms with E-state index in [1.54, 1.807) is 6.07 Å². The number of rotatable bonds is 8. The first kappa shape index (κ1) is 19.9. The average Bonchev–Trinajstić information content (AvgIpc) is 2.56. The molecule has 0 aliphatic carbocycles. The molecule has 1 aromatic carbocycles. The summed E-state index contributed by atoms with van der Waals surface area (Å²) in [6, 6.07) is 4.85. The Morgan fingerprint density at radius 1 is 1.23 bits per heavy atom. The summed E-state index contributed by atoms with van der Waals surface area (Å²) in [5.74, 6) is -0.0275. The minimum absolute atomic E-state index is 0.0275. The van der Waals surface area contributed by atoms with Crippen molar-refractivity contribution in [1.82, 2.24) is 14.7 Å². The van der Waals surface area contributed by atoms with E-state index in [0.717, 1.165) is 18.4 Å². The highest BCUT2D eigenvalue weighted by Gasteiger charge is 2.31. The smallest absolute Gasteiger partial charge is 0.416 e. The standard InChI is InChI=1S/C15H17F3N4O3S/c1-26(23,24)22-4-5-25-14-7-11(15(16,17)18)6-13(8-14)20-9-12-2-3-19-10-21-12/h2-3,6-8,10,20,22H,4-5,9H2,1H3. The normalized spacial score (nSPS) is 12.0. The largest absolute Gasteiger partial charge is 0.492 e. The Morgan fingerprint density at radius 3 is 2.62 bits per heavy atom. The molecule has 0 unspecified atom stereocenters. The van der Waals surface area contributed by atoms with Crippen LogP contribution in [0.2, 0.25) is 0 Å². The number of nitrogens with zero attached hydrogens (tertiary/aromatic N) is 2. The molecule has 11 heteroatoms. The van der Waals surface area contributed by atoms with Crippen LogP contribution in [0.1, 0.15) is 11.3 Å². The van der Waals surface area contributed by atoms with Crippen LogP contribution < -0.4 is 14.8 Å². The molecule has 7 nitrogen and oxygen atoms in total. The molecule has 0 amide bonds. The van der Waals surface area contributed by atoms with Gasteiger partial charge < -0.3 is 10.1 Å². The number of aromatic nitrogens is 2. The number of alkyl halides is 3. The van der Waals surface area contributed by atoms with Crippen molar-refractivity contribution in [2.75, 3.05) is 24.7 Å². The van der Waals surface area contributed by atoms with Crippen molar-refractivity contribution < 1.29 is 26.3 Å². The fourth-order valence-corrected chi connectivity index (χ4v) is 2.41. The molecule has 0 fully saturated rings. The number of benzene rings is 1.